The molecule has 0 radical (unpaired) electrons. The lowest BCUT2D eigenvalue weighted by Crippen LogP contribution is -2.04. The van der Waals surface area contributed by atoms with Gasteiger partial charge < -0.3 is 10.4 Å². The molecule has 0 unspecified atom stereocenters. The van der Waals surface area contributed by atoms with Gasteiger partial charge in [-0.15, -0.1) is 0 Å². The monoisotopic (exact) mass is 286 g/mol. The first-order valence-corrected chi connectivity index (χ1v) is 6.64. The van der Waals surface area contributed by atoms with Crippen molar-refractivity contribution in [1.29, 1.82) is 0 Å². The van der Waals surface area contributed by atoms with Crippen molar-refractivity contribution in [2.45, 2.75) is 6.92 Å². The number of benzene rings is 1. The van der Waals surface area contributed by atoms with E-state index in [4.69, 9.17) is 0 Å². The van der Waals surface area contributed by atoms with Crippen LogP contribution in [-0.4, -0.2) is 26.0 Å². The quantitative estimate of drug-likeness (QED) is 0.755. The Bertz CT molecular complexity index is 800. The third-order valence-electron chi connectivity index (χ3n) is 2.61. The van der Waals surface area contributed by atoms with Crippen molar-refractivity contribution >= 4 is 32.6 Å². The summed E-state index contributed by atoms with van der Waals surface area (Å²) in [5.74, 6) is -0.148. The number of amides is 1. The van der Waals surface area contributed by atoms with Gasteiger partial charge in [-0.1, -0.05) is 17.4 Å². The van der Waals surface area contributed by atoms with Gasteiger partial charge in [0.05, 0.1) is 15.9 Å². The molecule has 2 N–H and O–H groups in total. The summed E-state index contributed by atoms with van der Waals surface area (Å²) < 4.78 is 0.935. The second-order valence-corrected chi connectivity index (χ2v) is 5.16. The molecule has 2 heterocycles. The fourth-order valence-corrected chi connectivity index (χ4v) is 2.75. The summed E-state index contributed by atoms with van der Waals surface area (Å²) in [5.41, 5.74) is 2.29. The number of fused-ring (bicyclic) bond motifs is 1. The Labute approximate surface area is 118 Å². The van der Waals surface area contributed by atoms with Crippen LogP contribution in [0, 0.1) is 0 Å². The van der Waals surface area contributed by atoms with Crippen molar-refractivity contribution in [2.24, 2.45) is 0 Å². The zero-order chi connectivity index (χ0) is 14.1. The number of anilines is 1. The molecule has 3 rings (SSSR count). The van der Waals surface area contributed by atoms with E-state index in [0.29, 0.717) is 10.8 Å². The molecule has 100 valence electrons. The predicted octanol–water partition coefficient (Wildman–Crippen LogP) is 2.42. The first-order chi connectivity index (χ1) is 9.61. The van der Waals surface area contributed by atoms with Crippen molar-refractivity contribution in [1.82, 2.24) is 15.0 Å². The fourth-order valence-electron chi connectivity index (χ4n) is 1.80. The van der Waals surface area contributed by atoms with Crippen molar-refractivity contribution < 1.29 is 9.90 Å². The molecule has 0 spiro atoms. The maximum atomic E-state index is 11.0. The van der Waals surface area contributed by atoms with Gasteiger partial charge in [-0.05, 0) is 18.2 Å². The van der Waals surface area contributed by atoms with Crippen molar-refractivity contribution in [3.8, 4) is 17.3 Å². The molecule has 1 aromatic carbocycles. The standard InChI is InChI=1S/C13H10N4O2S/c1-7(18)15-13-17-10-3-2-8(6-11(10)20-13)9-4-5-14-12(19)16-9/h2-6H,1H3,(H,14,16,19)(H,15,17,18). The van der Waals surface area contributed by atoms with E-state index in [1.165, 1.54) is 24.5 Å². The first kappa shape index (κ1) is 12.5. The molecule has 0 aliphatic carbocycles. The third kappa shape index (κ3) is 2.43. The Morgan fingerprint density at radius 2 is 2.15 bits per heavy atom. The number of hydrogen-bond acceptors (Lipinski definition) is 6. The molecular weight excluding hydrogens is 276 g/mol. The second kappa shape index (κ2) is 4.86. The van der Waals surface area contributed by atoms with Crippen LogP contribution in [0.3, 0.4) is 0 Å². The van der Waals surface area contributed by atoms with Gasteiger partial charge in [-0.25, -0.2) is 9.97 Å². The van der Waals surface area contributed by atoms with Crippen molar-refractivity contribution in [2.75, 3.05) is 5.32 Å². The highest BCUT2D eigenvalue weighted by atomic mass is 32.1. The van der Waals surface area contributed by atoms with E-state index >= 15 is 0 Å². The molecule has 2 aromatic heterocycles. The number of aromatic hydroxyl groups is 1. The highest BCUT2D eigenvalue weighted by Gasteiger charge is 2.08. The van der Waals surface area contributed by atoms with E-state index in [-0.39, 0.29) is 11.9 Å². The van der Waals surface area contributed by atoms with Crippen LogP contribution < -0.4 is 5.32 Å². The molecule has 20 heavy (non-hydrogen) atoms. The van der Waals surface area contributed by atoms with Gasteiger partial charge in [0, 0.05) is 18.7 Å². The van der Waals surface area contributed by atoms with Gasteiger partial charge in [0.15, 0.2) is 5.13 Å². The topological polar surface area (TPSA) is 88.0 Å². The van der Waals surface area contributed by atoms with E-state index in [0.717, 1.165) is 15.8 Å². The summed E-state index contributed by atoms with van der Waals surface area (Å²) in [7, 11) is 0. The number of rotatable bonds is 2. The van der Waals surface area contributed by atoms with E-state index in [2.05, 4.69) is 20.3 Å². The molecule has 0 saturated heterocycles. The summed E-state index contributed by atoms with van der Waals surface area (Å²) in [6.45, 7) is 1.45. The van der Waals surface area contributed by atoms with Gasteiger partial charge in [-0.3, -0.25) is 4.79 Å². The molecule has 3 aromatic rings. The molecule has 0 bridgehead atoms. The minimum absolute atomic E-state index is 0.148. The molecule has 1 amide bonds. The van der Waals surface area contributed by atoms with Crippen LogP contribution in [-0.2, 0) is 4.79 Å². The van der Waals surface area contributed by atoms with Crippen molar-refractivity contribution in [3.05, 3.63) is 30.5 Å². The number of carbonyl (C=O) groups is 1. The Morgan fingerprint density at radius 3 is 2.90 bits per heavy atom. The normalized spacial score (nSPS) is 10.7. The number of aromatic nitrogens is 3. The maximum Gasteiger partial charge on any atom is 0.314 e. The van der Waals surface area contributed by atoms with Crippen molar-refractivity contribution in [3.63, 3.8) is 0 Å². The number of nitrogens with zero attached hydrogens (tertiary/aromatic N) is 3. The highest BCUT2D eigenvalue weighted by Crippen LogP contribution is 2.30. The average Bonchev–Trinajstić information content (AvgIpc) is 2.78. The summed E-state index contributed by atoms with van der Waals surface area (Å²) in [4.78, 5) is 23.0. The lowest BCUT2D eigenvalue weighted by atomic mass is 10.1. The molecule has 0 fully saturated rings. The minimum atomic E-state index is -0.258. The predicted molar refractivity (Wildman–Crippen MR) is 76.6 cm³/mol. The van der Waals surface area contributed by atoms with Crippen LogP contribution in [0.15, 0.2) is 30.5 Å². The van der Waals surface area contributed by atoms with Gasteiger partial charge in [0.1, 0.15) is 0 Å². The van der Waals surface area contributed by atoms with Crippen LogP contribution in [0.25, 0.3) is 21.5 Å². The van der Waals surface area contributed by atoms with Crippen LogP contribution in [0.2, 0.25) is 0 Å². The zero-order valence-corrected chi connectivity index (χ0v) is 11.3. The lowest BCUT2D eigenvalue weighted by Gasteiger charge is -2.00. The average molecular weight is 286 g/mol. The van der Waals surface area contributed by atoms with Gasteiger partial charge in [0.2, 0.25) is 5.91 Å². The van der Waals surface area contributed by atoms with E-state index in [1.807, 2.05) is 18.2 Å². The van der Waals surface area contributed by atoms with E-state index in [1.54, 1.807) is 6.07 Å². The van der Waals surface area contributed by atoms with Gasteiger partial charge in [-0.2, -0.15) is 4.98 Å². The Morgan fingerprint density at radius 1 is 1.30 bits per heavy atom. The summed E-state index contributed by atoms with van der Waals surface area (Å²) in [6, 6.07) is 7.09. The van der Waals surface area contributed by atoms with Gasteiger partial charge >= 0.3 is 6.01 Å². The molecule has 0 aliphatic heterocycles. The Hall–Kier alpha value is -2.54. The maximum absolute atomic E-state index is 11.0. The molecule has 7 heteroatoms. The molecule has 0 aliphatic rings. The summed E-state index contributed by atoms with van der Waals surface area (Å²) >= 11 is 1.39. The molecule has 6 nitrogen and oxygen atoms in total. The van der Waals surface area contributed by atoms with Crippen LogP contribution in [0.5, 0.6) is 6.01 Å². The SMILES string of the molecule is CC(=O)Nc1nc2ccc(-c3ccnc(O)n3)cc2s1. The Balaban J connectivity index is 2.04. The number of hydrogen-bond donors (Lipinski definition) is 2. The number of carbonyl (C=O) groups excluding carboxylic acids is 1. The highest BCUT2D eigenvalue weighted by molar-refractivity contribution is 7.22. The second-order valence-electron chi connectivity index (χ2n) is 4.12. The van der Waals surface area contributed by atoms with E-state index in [9.17, 15) is 9.90 Å². The summed E-state index contributed by atoms with van der Waals surface area (Å²) in [5, 5.41) is 12.5. The third-order valence-corrected chi connectivity index (χ3v) is 3.54. The van der Waals surface area contributed by atoms with Crippen LogP contribution >= 0.6 is 11.3 Å². The number of thiazole rings is 1. The molecular formula is C13H10N4O2S. The van der Waals surface area contributed by atoms with Crippen LogP contribution in [0.4, 0.5) is 5.13 Å². The Kier molecular flexibility index (Phi) is 3.03. The van der Waals surface area contributed by atoms with Crippen LogP contribution in [0.1, 0.15) is 6.92 Å². The minimum Gasteiger partial charge on any atom is -0.479 e. The summed E-state index contributed by atoms with van der Waals surface area (Å²) in [6.07, 6.45) is 1.50. The largest absolute Gasteiger partial charge is 0.479 e. The smallest absolute Gasteiger partial charge is 0.314 e. The first-order valence-electron chi connectivity index (χ1n) is 5.82. The molecule has 0 atom stereocenters. The molecule has 0 saturated carbocycles. The zero-order valence-electron chi connectivity index (χ0n) is 10.5. The van der Waals surface area contributed by atoms with E-state index < -0.39 is 0 Å². The lowest BCUT2D eigenvalue weighted by molar-refractivity contribution is -0.114. The number of nitrogens with one attached hydrogen (secondary N) is 1. The fraction of sp³-hybridized carbons (Fsp3) is 0.0769. The van der Waals surface area contributed by atoms with Gasteiger partial charge in [0.25, 0.3) is 0 Å².